The van der Waals surface area contributed by atoms with Gasteiger partial charge in [-0.05, 0) is 17.5 Å². The van der Waals surface area contributed by atoms with E-state index >= 15 is 0 Å². The third-order valence-corrected chi connectivity index (χ3v) is 5.08. The number of anilines is 1. The summed E-state index contributed by atoms with van der Waals surface area (Å²) in [5, 5.41) is 12.3. The number of fused-ring (bicyclic) bond motifs is 1. The van der Waals surface area contributed by atoms with Crippen LogP contribution in [-0.4, -0.2) is 52.1 Å². The topological polar surface area (TPSA) is 82.7 Å². The summed E-state index contributed by atoms with van der Waals surface area (Å²) in [5.74, 6) is 0.543. The monoisotopic (exact) mass is 344 g/mol. The zero-order valence-corrected chi connectivity index (χ0v) is 13.7. The second kappa shape index (κ2) is 6.21. The Bertz CT molecular complexity index is 867. The van der Waals surface area contributed by atoms with Crippen LogP contribution >= 0.6 is 11.3 Å². The Labute approximate surface area is 142 Å². The molecule has 1 aliphatic rings. The molecule has 0 atom stereocenters. The van der Waals surface area contributed by atoms with E-state index in [1.807, 2.05) is 5.38 Å². The lowest BCUT2D eigenvalue weighted by atomic mass is 10.2. The Kier molecular flexibility index (Phi) is 3.91. The van der Waals surface area contributed by atoms with Crippen LogP contribution in [0, 0.1) is 0 Å². The van der Waals surface area contributed by atoms with E-state index in [1.165, 1.54) is 12.3 Å². The number of aromatic nitrogens is 2. The van der Waals surface area contributed by atoms with Crippen molar-refractivity contribution in [3.05, 3.63) is 41.4 Å². The highest BCUT2D eigenvalue weighted by molar-refractivity contribution is 7.16. The molecule has 0 aromatic carbocycles. The first-order valence-corrected chi connectivity index (χ1v) is 8.55. The van der Waals surface area contributed by atoms with Gasteiger partial charge in [0.2, 0.25) is 0 Å². The van der Waals surface area contributed by atoms with Gasteiger partial charge in [-0.25, -0.2) is 14.8 Å². The number of thiophene rings is 1. The molecular formula is C16H16N4O3S. The zero-order chi connectivity index (χ0) is 16.5. The molecular weight excluding hydrogens is 328 g/mol. The Hall–Kier alpha value is -2.45. The second-order valence-corrected chi connectivity index (χ2v) is 6.56. The molecule has 3 aromatic rings. The van der Waals surface area contributed by atoms with Crippen LogP contribution in [0.3, 0.4) is 0 Å². The van der Waals surface area contributed by atoms with Crippen LogP contribution in [0.5, 0.6) is 0 Å². The van der Waals surface area contributed by atoms with Gasteiger partial charge in [0.15, 0.2) is 0 Å². The van der Waals surface area contributed by atoms with Gasteiger partial charge in [-0.2, -0.15) is 0 Å². The van der Waals surface area contributed by atoms with E-state index in [9.17, 15) is 4.79 Å². The fourth-order valence-electron chi connectivity index (χ4n) is 3.00. The minimum absolute atomic E-state index is 0.244. The quantitative estimate of drug-likeness (QED) is 0.777. The summed E-state index contributed by atoms with van der Waals surface area (Å²) in [6, 6.07) is 3.56. The molecule has 1 N–H and O–H groups in total. The average molecular weight is 344 g/mol. The number of nitrogens with zero attached hydrogens (tertiary/aromatic N) is 4. The minimum atomic E-state index is -0.946. The molecule has 0 spiro atoms. The highest BCUT2D eigenvalue weighted by Crippen LogP contribution is 2.27. The number of piperazine rings is 1. The molecule has 0 amide bonds. The van der Waals surface area contributed by atoms with Gasteiger partial charge in [-0.1, -0.05) is 0 Å². The summed E-state index contributed by atoms with van der Waals surface area (Å²) in [6.45, 7) is 3.85. The van der Waals surface area contributed by atoms with Crippen molar-refractivity contribution in [3.63, 3.8) is 0 Å². The molecule has 0 radical (unpaired) electrons. The van der Waals surface area contributed by atoms with Crippen LogP contribution in [0.15, 0.2) is 34.5 Å². The summed E-state index contributed by atoms with van der Waals surface area (Å²) in [4.78, 5) is 25.4. The molecule has 8 heteroatoms. The smallest absolute Gasteiger partial charge is 0.339 e. The van der Waals surface area contributed by atoms with Crippen molar-refractivity contribution >= 4 is 33.3 Å². The standard InChI is InChI=1S/C16H16N4O3S/c21-16(22)11-1-7-23-13(11)9-19-3-5-20(6-4-19)14-12-2-8-24-15(12)18-10-17-14/h1-2,7-8,10H,3-6,9H2,(H,21,22). The molecule has 24 heavy (non-hydrogen) atoms. The van der Waals surface area contributed by atoms with Crippen LogP contribution in [0.2, 0.25) is 0 Å². The summed E-state index contributed by atoms with van der Waals surface area (Å²) in [6.07, 6.45) is 3.05. The van der Waals surface area contributed by atoms with Crippen LogP contribution < -0.4 is 4.90 Å². The molecule has 0 saturated carbocycles. The first-order valence-electron chi connectivity index (χ1n) is 7.67. The molecule has 0 aliphatic carbocycles. The van der Waals surface area contributed by atoms with Gasteiger partial charge in [-0.15, -0.1) is 11.3 Å². The van der Waals surface area contributed by atoms with E-state index in [0.29, 0.717) is 12.3 Å². The lowest BCUT2D eigenvalue weighted by Crippen LogP contribution is -2.46. The van der Waals surface area contributed by atoms with Crippen molar-refractivity contribution in [2.24, 2.45) is 0 Å². The zero-order valence-electron chi connectivity index (χ0n) is 12.9. The number of carboxylic acids is 1. The highest BCUT2D eigenvalue weighted by Gasteiger charge is 2.23. The molecule has 4 heterocycles. The van der Waals surface area contributed by atoms with Gasteiger partial charge < -0.3 is 14.4 Å². The lowest BCUT2D eigenvalue weighted by Gasteiger charge is -2.35. The predicted octanol–water partition coefficient (Wildman–Crippen LogP) is 2.30. The van der Waals surface area contributed by atoms with E-state index in [0.717, 1.165) is 42.2 Å². The molecule has 0 bridgehead atoms. The van der Waals surface area contributed by atoms with Gasteiger partial charge in [-0.3, -0.25) is 4.90 Å². The maximum atomic E-state index is 11.2. The van der Waals surface area contributed by atoms with Crippen molar-refractivity contribution in [1.29, 1.82) is 0 Å². The third kappa shape index (κ3) is 2.74. The van der Waals surface area contributed by atoms with Crippen molar-refractivity contribution in [1.82, 2.24) is 14.9 Å². The van der Waals surface area contributed by atoms with Crippen molar-refractivity contribution in [2.75, 3.05) is 31.1 Å². The molecule has 4 rings (SSSR count). The number of carboxylic acid groups (broad SMARTS) is 1. The van der Waals surface area contributed by atoms with E-state index in [4.69, 9.17) is 9.52 Å². The first kappa shape index (κ1) is 15.1. The molecule has 1 saturated heterocycles. The number of hydrogen-bond donors (Lipinski definition) is 1. The number of furan rings is 1. The minimum Gasteiger partial charge on any atom is -0.478 e. The fourth-order valence-corrected chi connectivity index (χ4v) is 3.73. The van der Waals surface area contributed by atoms with E-state index in [1.54, 1.807) is 17.7 Å². The lowest BCUT2D eigenvalue weighted by molar-refractivity contribution is 0.0692. The molecule has 124 valence electrons. The average Bonchev–Trinajstić information content (AvgIpc) is 3.24. The number of hydrogen-bond acceptors (Lipinski definition) is 7. The fraction of sp³-hybridized carbons (Fsp3) is 0.312. The number of rotatable bonds is 4. The molecule has 0 unspecified atom stereocenters. The van der Waals surface area contributed by atoms with Gasteiger partial charge in [0, 0.05) is 26.2 Å². The van der Waals surface area contributed by atoms with Crippen LogP contribution in [0.25, 0.3) is 10.2 Å². The van der Waals surface area contributed by atoms with Crippen LogP contribution in [-0.2, 0) is 6.54 Å². The number of aromatic carboxylic acids is 1. The van der Waals surface area contributed by atoms with E-state index in [2.05, 4.69) is 25.8 Å². The first-order chi connectivity index (χ1) is 11.7. The Morgan fingerprint density at radius 2 is 2.08 bits per heavy atom. The van der Waals surface area contributed by atoms with Crippen molar-refractivity contribution in [3.8, 4) is 0 Å². The van der Waals surface area contributed by atoms with Crippen LogP contribution in [0.4, 0.5) is 5.82 Å². The second-order valence-electron chi connectivity index (χ2n) is 5.66. The van der Waals surface area contributed by atoms with Gasteiger partial charge >= 0.3 is 5.97 Å². The number of carbonyl (C=O) groups is 1. The maximum absolute atomic E-state index is 11.2. The summed E-state index contributed by atoms with van der Waals surface area (Å²) in [7, 11) is 0. The summed E-state index contributed by atoms with van der Waals surface area (Å²) >= 11 is 1.62. The molecule has 1 fully saturated rings. The summed E-state index contributed by atoms with van der Waals surface area (Å²) < 4.78 is 5.33. The highest BCUT2D eigenvalue weighted by atomic mass is 32.1. The van der Waals surface area contributed by atoms with Gasteiger partial charge in [0.05, 0.1) is 18.2 Å². The third-order valence-electron chi connectivity index (χ3n) is 4.26. The van der Waals surface area contributed by atoms with Crippen molar-refractivity contribution in [2.45, 2.75) is 6.54 Å². The molecule has 3 aromatic heterocycles. The van der Waals surface area contributed by atoms with Gasteiger partial charge in [0.1, 0.15) is 28.3 Å². The largest absolute Gasteiger partial charge is 0.478 e. The Morgan fingerprint density at radius 3 is 2.88 bits per heavy atom. The normalized spacial score (nSPS) is 15.9. The van der Waals surface area contributed by atoms with Gasteiger partial charge in [0.25, 0.3) is 0 Å². The van der Waals surface area contributed by atoms with E-state index in [-0.39, 0.29) is 5.56 Å². The molecule has 7 nitrogen and oxygen atoms in total. The molecule has 1 aliphatic heterocycles. The Morgan fingerprint density at radius 1 is 1.25 bits per heavy atom. The summed E-state index contributed by atoms with van der Waals surface area (Å²) in [5.41, 5.74) is 0.244. The van der Waals surface area contributed by atoms with Crippen molar-refractivity contribution < 1.29 is 14.3 Å². The predicted molar refractivity (Wildman–Crippen MR) is 90.6 cm³/mol. The maximum Gasteiger partial charge on any atom is 0.339 e. The SMILES string of the molecule is O=C(O)c1ccoc1CN1CCN(c2ncnc3sccc23)CC1. The Balaban J connectivity index is 1.44. The van der Waals surface area contributed by atoms with E-state index < -0.39 is 5.97 Å². The van der Waals surface area contributed by atoms with Crippen LogP contribution in [0.1, 0.15) is 16.1 Å².